The van der Waals surface area contributed by atoms with E-state index in [-0.39, 0.29) is 13.0 Å². The lowest BCUT2D eigenvalue weighted by molar-refractivity contribution is -0.175. The van der Waals surface area contributed by atoms with Gasteiger partial charge in [-0.15, -0.1) is 0 Å². The van der Waals surface area contributed by atoms with E-state index < -0.39 is 36.4 Å². The number of esters is 3. The lowest BCUT2D eigenvalue weighted by Crippen LogP contribution is -2.32. The van der Waals surface area contributed by atoms with Gasteiger partial charge < -0.3 is 18.9 Å². The van der Waals surface area contributed by atoms with Crippen molar-refractivity contribution < 1.29 is 33.3 Å². The van der Waals surface area contributed by atoms with Crippen molar-refractivity contribution in [2.75, 3.05) is 6.61 Å². The molecular formula is C21H20O7. The normalized spacial score (nSPS) is 21.0. The highest BCUT2D eigenvalue weighted by Crippen LogP contribution is 2.26. The van der Waals surface area contributed by atoms with Crippen LogP contribution in [0.5, 0.6) is 0 Å². The minimum absolute atomic E-state index is 0.141. The second-order valence-electron chi connectivity index (χ2n) is 6.22. The SMILES string of the molecule is CC(=O)OC1C[C@@H](OC(=O)c2ccccc2)[C@H](COC(=O)c2ccccc2)O1. The Balaban J connectivity index is 1.64. The van der Waals surface area contributed by atoms with Crippen LogP contribution in [0.2, 0.25) is 0 Å². The molecule has 0 aliphatic carbocycles. The largest absolute Gasteiger partial charge is 0.459 e. The topological polar surface area (TPSA) is 88.1 Å². The third kappa shape index (κ3) is 5.17. The highest BCUT2D eigenvalue weighted by atomic mass is 16.7. The molecule has 1 fully saturated rings. The zero-order chi connectivity index (χ0) is 19.9. The van der Waals surface area contributed by atoms with E-state index in [1.165, 1.54) is 6.92 Å². The van der Waals surface area contributed by atoms with Crippen LogP contribution in [-0.2, 0) is 23.7 Å². The van der Waals surface area contributed by atoms with Gasteiger partial charge in [0.05, 0.1) is 17.5 Å². The molecule has 0 saturated carbocycles. The molecular weight excluding hydrogens is 364 g/mol. The van der Waals surface area contributed by atoms with Crippen LogP contribution in [0.1, 0.15) is 34.1 Å². The first-order valence-corrected chi connectivity index (χ1v) is 8.84. The molecule has 0 spiro atoms. The van der Waals surface area contributed by atoms with Crippen molar-refractivity contribution >= 4 is 17.9 Å². The van der Waals surface area contributed by atoms with E-state index in [0.717, 1.165) is 0 Å². The summed E-state index contributed by atoms with van der Waals surface area (Å²) in [5.74, 6) is -1.56. The molecule has 1 aliphatic rings. The monoisotopic (exact) mass is 384 g/mol. The Morgan fingerprint density at radius 2 is 1.46 bits per heavy atom. The first-order valence-electron chi connectivity index (χ1n) is 8.84. The van der Waals surface area contributed by atoms with Crippen LogP contribution >= 0.6 is 0 Å². The molecule has 1 aliphatic heterocycles. The van der Waals surface area contributed by atoms with Gasteiger partial charge in [0.15, 0.2) is 0 Å². The Labute approximate surface area is 162 Å². The molecule has 1 saturated heterocycles. The van der Waals surface area contributed by atoms with Gasteiger partial charge in [-0.25, -0.2) is 9.59 Å². The summed E-state index contributed by atoms with van der Waals surface area (Å²) in [7, 11) is 0. The molecule has 3 rings (SSSR count). The van der Waals surface area contributed by atoms with Crippen molar-refractivity contribution in [2.24, 2.45) is 0 Å². The molecule has 146 valence electrons. The summed E-state index contributed by atoms with van der Waals surface area (Å²) >= 11 is 0. The lowest BCUT2D eigenvalue weighted by Gasteiger charge is -2.18. The lowest BCUT2D eigenvalue weighted by atomic mass is 10.1. The summed E-state index contributed by atoms with van der Waals surface area (Å²) in [6.45, 7) is 1.12. The smallest absolute Gasteiger partial charge is 0.338 e. The van der Waals surface area contributed by atoms with Gasteiger partial charge >= 0.3 is 17.9 Å². The van der Waals surface area contributed by atoms with Crippen molar-refractivity contribution in [2.45, 2.75) is 31.8 Å². The van der Waals surface area contributed by atoms with Gasteiger partial charge in [-0.1, -0.05) is 36.4 Å². The molecule has 2 aromatic carbocycles. The van der Waals surface area contributed by atoms with Crippen LogP contribution in [0.15, 0.2) is 60.7 Å². The first-order chi connectivity index (χ1) is 13.5. The van der Waals surface area contributed by atoms with Crippen LogP contribution < -0.4 is 0 Å². The van der Waals surface area contributed by atoms with Gasteiger partial charge in [-0.2, -0.15) is 0 Å². The van der Waals surface area contributed by atoms with Gasteiger partial charge in [-0.3, -0.25) is 4.79 Å². The number of carbonyl (C=O) groups excluding carboxylic acids is 3. The maximum atomic E-state index is 12.3. The predicted molar refractivity (Wildman–Crippen MR) is 97.4 cm³/mol. The van der Waals surface area contributed by atoms with Crippen molar-refractivity contribution in [3.05, 3.63) is 71.8 Å². The van der Waals surface area contributed by atoms with Crippen LogP contribution in [0.4, 0.5) is 0 Å². The Kier molecular flexibility index (Phi) is 6.39. The van der Waals surface area contributed by atoms with E-state index in [1.807, 2.05) is 0 Å². The van der Waals surface area contributed by atoms with E-state index in [1.54, 1.807) is 60.7 Å². The molecule has 2 aromatic rings. The van der Waals surface area contributed by atoms with Crippen molar-refractivity contribution in [1.29, 1.82) is 0 Å². The van der Waals surface area contributed by atoms with E-state index in [4.69, 9.17) is 18.9 Å². The molecule has 7 nitrogen and oxygen atoms in total. The maximum absolute atomic E-state index is 12.3. The maximum Gasteiger partial charge on any atom is 0.338 e. The molecule has 1 heterocycles. The molecule has 0 N–H and O–H groups in total. The molecule has 1 unspecified atom stereocenters. The summed E-state index contributed by atoms with van der Waals surface area (Å²) < 4.78 is 21.5. The third-order valence-electron chi connectivity index (χ3n) is 4.12. The molecule has 0 radical (unpaired) electrons. The standard InChI is InChI=1S/C21H20O7/c1-14(22)26-19-12-17(28-21(24)16-10-6-3-7-11-16)18(27-19)13-25-20(23)15-8-4-2-5-9-15/h2-11,17-19H,12-13H2,1H3/t17-,18+,19?/m1/s1. The average molecular weight is 384 g/mol. The van der Waals surface area contributed by atoms with Crippen LogP contribution in [-0.4, -0.2) is 43.0 Å². The second-order valence-corrected chi connectivity index (χ2v) is 6.22. The number of ether oxygens (including phenoxy) is 4. The number of benzene rings is 2. The highest BCUT2D eigenvalue weighted by molar-refractivity contribution is 5.90. The fraction of sp³-hybridized carbons (Fsp3) is 0.286. The van der Waals surface area contributed by atoms with Gasteiger partial charge in [-0.05, 0) is 24.3 Å². The number of rotatable bonds is 6. The van der Waals surface area contributed by atoms with E-state index in [0.29, 0.717) is 11.1 Å². The summed E-state index contributed by atoms with van der Waals surface area (Å²) in [5, 5.41) is 0. The Hall–Kier alpha value is -3.19. The van der Waals surface area contributed by atoms with Crippen LogP contribution in [0.25, 0.3) is 0 Å². The third-order valence-corrected chi connectivity index (χ3v) is 4.12. The van der Waals surface area contributed by atoms with Gasteiger partial charge in [0.1, 0.15) is 18.8 Å². The minimum atomic E-state index is -0.869. The average Bonchev–Trinajstić information content (AvgIpc) is 3.07. The van der Waals surface area contributed by atoms with Gasteiger partial charge in [0, 0.05) is 6.92 Å². The van der Waals surface area contributed by atoms with E-state index >= 15 is 0 Å². The Bertz CT molecular complexity index is 819. The summed E-state index contributed by atoms with van der Waals surface area (Å²) in [5.41, 5.74) is 0.785. The summed E-state index contributed by atoms with van der Waals surface area (Å²) in [6.07, 6.45) is -2.18. The fourth-order valence-electron chi connectivity index (χ4n) is 2.81. The number of hydrogen-bond acceptors (Lipinski definition) is 7. The zero-order valence-electron chi connectivity index (χ0n) is 15.3. The molecule has 7 heteroatoms. The first kappa shape index (κ1) is 19.6. The molecule has 3 atom stereocenters. The Morgan fingerprint density at radius 3 is 2.04 bits per heavy atom. The van der Waals surface area contributed by atoms with Gasteiger partial charge in [0.25, 0.3) is 0 Å². The van der Waals surface area contributed by atoms with E-state index in [2.05, 4.69) is 0 Å². The number of carbonyl (C=O) groups is 3. The van der Waals surface area contributed by atoms with Crippen molar-refractivity contribution in [3.63, 3.8) is 0 Å². The zero-order valence-corrected chi connectivity index (χ0v) is 15.3. The van der Waals surface area contributed by atoms with Crippen molar-refractivity contribution in [3.8, 4) is 0 Å². The molecule has 0 amide bonds. The fourth-order valence-corrected chi connectivity index (χ4v) is 2.81. The van der Waals surface area contributed by atoms with Crippen LogP contribution in [0.3, 0.4) is 0 Å². The molecule has 0 bridgehead atoms. The van der Waals surface area contributed by atoms with Gasteiger partial charge in [0.2, 0.25) is 6.29 Å². The highest BCUT2D eigenvalue weighted by Gasteiger charge is 2.40. The number of hydrogen-bond donors (Lipinski definition) is 0. The van der Waals surface area contributed by atoms with Crippen molar-refractivity contribution in [1.82, 2.24) is 0 Å². The van der Waals surface area contributed by atoms with Crippen LogP contribution in [0, 0.1) is 0 Å². The quantitative estimate of drug-likeness (QED) is 0.559. The van der Waals surface area contributed by atoms with E-state index in [9.17, 15) is 14.4 Å². The molecule has 0 aromatic heterocycles. The molecule has 28 heavy (non-hydrogen) atoms. The predicted octanol–water partition coefficient (Wildman–Crippen LogP) is 2.75. The Morgan fingerprint density at radius 1 is 0.893 bits per heavy atom. The summed E-state index contributed by atoms with van der Waals surface area (Å²) in [4.78, 5) is 35.7. The summed E-state index contributed by atoms with van der Waals surface area (Å²) in [6, 6.07) is 17.0. The second kappa shape index (κ2) is 9.14. The minimum Gasteiger partial charge on any atom is -0.459 e.